The molecular formula is C10H5ClF6O. The van der Waals surface area contributed by atoms with Gasteiger partial charge in [-0.05, 0) is 36.2 Å². The molecule has 0 fully saturated rings. The quantitative estimate of drug-likeness (QED) is 0.553. The zero-order valence-electron chi connectivity index (χ0n) is 8.71. The molecule has 1 aromatic rings. The van der Waals surface area contributed by atoms with Crippen LogP contribution >= 0.6 is 11.6 Å². The van der Waals surface area contributed by atoms with E-state index in [0.29, 0.717) is 12.1 Å². The van der Waals surface area contributed by atoms with Gasteiger partial charge in [-0.3, -0.25) is 4.79 Å². The normalized spacial score (nSPS) is 12.7. The van der Waals surface area contributed by atoms with Gasteiger partial charge in [0, 0.05) is 0 Å². The largest absolute Gasteiger partial charge is 0.417 e. The maximum Gasteiger partial charge on any atom is 0.417 e. The average Bonchev–Trinajstić information content (AvgIpc) is 2.12. The molecule has 100 valence electrons. The number of aryl methyl sites for hydroxylation is 1. The zero-order valence-corrected chi connectivity index (χ0v) is 9.46. The van der Waals surface area contributed by atoms with Crippen molar-refractivity contribution < 1.29 is 31.1 Å². The number of benzene rings is 1. The Hall–Kier alpha value is -1.24. The van der Waals surface area contributed by atoms with Gasteiger partial charge >= 0.3 is 12.4 Å². The van der Waals surface area contributed by atoms with Crippen molar-refractivity contribution in [3.05, 3.63) is 34.4 Å². The third-order valence-corrected chi connectivity index (χ3v) is 2.28. The van der Waals surface area contributed by atoms with Gasteiger partial charge in [0.2, 0.25) is 0 Å². The van der Waals surface area contributed by atoms with Gasteiger partial charge in [-0.25, -0.2) is 0 Å². The monoisotopic (exact) mass is 290 g/mol. The molecule has 1 aromatic carbocycles. The molecule has 0 radical (unpaired) electrons. The highest BCUT2D eigenvalue weighted by Crippen LogP contribution is 2.40. The summed E-state index contributed by atoms with van der Waals surface area (Å²) in [5.74, 6) is 0. The van der Waals surface area contributed by atoms with Crippen LogP contribution in [-0.4, -0.2) is 5.24 Å². The average molecular weight is 291 g/mol. The van der Waals surface area contributed by atoms with Crippen LogP contribution in [-0.2, 0) is 12.4 Å². The minimum absolute atomic E-state index is 0.267. The maximum absolute atomic E-state index is 12.6. The third kappa shape index (κ3) is 2.95. The molecule has 0 aliphatic carbocycles. The first-order valence-electron chi connectivity index (χ1n) is 4.43. The van der Waals surface area contributed by atoms with Crippen LogP contribution in [0, 0.1) is 6.92 Å². The van der Waals surface area contributed by atoms with Crippen molar-refractivity contribution in [3.8, 4) is 0 Å². The van der Waals surface area contributed by atoms with Crippen LogP contribution in [0.15, 0.2) is 12.1 Å². The molecule has 18 heavy (non-hydrogen) atoms. The Morgan fingerprint density at radius 1 is 1.00 bits per heavy atom. The second-order valence-electron chi connectivity index (χ2n) is 3.50. The van der Waals surface area contributed by atoms with E-state index < -0.39 is 34.3 Å². The Kier molecular flexibility index (Phi) is 3.67. The fraction of sp³-hybridized carbons (Fsp3) is 0.300. The Bertz CT molecular complexity index is 453. The van der Waals surface area contributed by atoms with Crippen LogP contribution in [0.4, 0.5) is 26.3 Å². The van der Waals surface area contributed by atoms with Crippen molar-refractivity contribution in [1.29, 1.82) is 0 Å². The molecule has 0 saturated carbocycles. The summed E-state index contributed by atoms with van der Waals surface area (Å²) in [6.07, 6.45) is -10.2. The van der Waals surface area contributed by atoms with Crippen LogP contribution in [0.2, 0.25) is 0 Å². The molecule has 1 rings (SSSR count). The molecule has 0 aliphatic heterocycles. The standard InChI is InChI=1S/C10H5ClF6O/c1-4-2-5(9(12,13)14)7(8(11)18)6(3-4)10(15,16)17/h2-3H,1H3. The van der Waals surface area contributed by atoms with E-state index in [1.165, 1.54) is 0 Å². The topological polar surface area (TPSA) is 17.1 Å². The molecule has 0 aromatic heterocycles. The summed E-state index contributed by atoms with van der Waals surface area (Å²) in [7, 11) is 0. The predicted octanol–water partition coefficient (Wildman–Crippen LogP) is 4.41. The zero-order chi connectivity index (χ0) is 14.3. The summed E-state index contributed by atoms with van der Waals surface area (Å²) >= 11 is 4.84. The Balaban J connectivity index is 3.74. The highest BCUT2D eigenvalue weighted by molar-refractivity contribution is 6.68. The first-order chi connectivity index (χ1) is 7.94. The smallest absolute Gasteiger partial charge is 0.276 e. The second kappa shape index (κ2) is 4.46. The van der Waals surface area contributed by atoms with Crippen LogP contribution in [0.5, 0.6) is 0 Å². The molecular weight excluding hydrogens is 286 g/mol. The molecule has 0 spiro atoms. The summed E-state index contributed by atoms with van der Waals surface area (Å²) in [6.45, 7) is 1.06. The van der Waals surface area contributed by atoms with Crippen LogP contribution in [0.25, 0.3) is 0 Å². The van der Waals surface area contributed by atoms with E-state index in [0.717, 1.165) is 6.92 Å². The lowest BCUT2D eigenvalue weighted by atomic mass is 9.98. The minimum Gasteiger partial charge on any atom is -0.276 e. The summed E-state index contributed by atoms with van der Waals surface area (Å²) in [4.78, 5) is 10.9. The van der Waals surface area contributed by atoms with Gasteiger partial charge in [0.05, 0.1) is 16.7 Å². The van der Waals surface area contributed by atoms with E-state index in [2.05, 4.69) is 0 Å². The molecule has 0 N–H and O–H groups in total. The van der Waals surface area contributed by atoms with E-state index in [1.807, 2.05) is 0 Å². The van der Waals surface area contributed by atoms with Gasteiger partial charge in [0.15, 0.2) is 0 Å². The molecule has 0 unspecified atom stereocenters. The Labute approximate surface area is 102 Å². The van der Waals surface area contributed by atoms with Crippen LogP contribution < -0.4 is 0 Å². The maximum atomic E-state index is 12.6. The second-order valence-corrected chi connectivity index (χ2v) is 3.85. The Morgan fingerprint density at radius 3 is 1.56 bits per heavy atom. The van der Waals surface area contributed by atoms with Gasteiger partial charge in [-0.2, -0.15) is 26.3 Å². The fourth-order valence-corrected chi connectivity index (χ4v) is 1.65. The van der Waals surface area contributed by atoms with E-state index >= 15 is 0 Å². The van der Waals surface area contributed by atoms with Gasteiger partial charge < -0.3 is 0 Å². The fourth-order valence-electron chi connectivity index (χ4n) is 1.45. The van der Waals surface area contributed by atoms with Crippen LogP contribution in [0.1, 0.15) is 27.0 Å². The predicted molar refractivity (Wildman–Crippen MR) is 51.4 cm³/mol. The lowest BCUT2D eigenvalue weighted by molar-refractivity contribution is -0.143. The van der Waals surface area contributed by atoms with Gasteiger partial charge in [0.25, 0.3) is 5.24 Å². The van der Waals surface area contributed by atoms with Gasteiger partial charge in [-0.15, -0.1) is 0 Å². The number of alkyl halides is 6. The van der Waals surface area contributed by atoms with E-state index in [1.54, 1.807) is 0 Å². The minimum atomic E-state index is -5.09. The van der Waals surface area contributed by atoms with Crippen molar-refractivity contribution >= 4 is 16.8 Å². The SMILES string of the molecule is Cc1cc(C(F)(F)F)c(C(=O)Cl)c(C(F)(F)F)c1. The van der Waals surface area contributed by atoms with Crippen molar-refractivity contribution in [2.75, 3.05) is 0 Å². The molecule has 0 amide bonds. The van der Waals surface area contributed by atoms with E-state index in [4.69, 9.17) is 11.6 Å². The molecule has 0 aliphatic rings. The summed E-state index contributed by atoms with van der Waals surface area (Å²) in [6, 6.07) is 0.899. The number of carbonyl (C=O) groups excluding carboxylic acids is 1. The van der Waals surface area contributed by atoms with Crippen molar-refractivity contribution in [3.63, 3.8) is 0 Å². The van der Waals surface area contributed by atoms with E-state index in [-0.39, 0.29) is 5.56 Å². The van der Waals surface area contributed by atoms with Crippen molar-refractivity contribution in [2.45, 2.75) is 19.3 Å². The summed E-state index contributed by atoms with van der Waals surface area (Å²) in [5.41, 5.74) is -5.21. The number of carbonyl (C=O) groups is 1. The summed E-state index contributed by atoms with van der Waals surface area (Å²) < 4.78 is 75.5. The van der Waals surface area contributed by atoms with Crippen LogP contribution in [0.3, 0.4) is 0 Å². The Morgan fingerprint density at radius 2 is 1.33 bits per heavy atom. The van der Waals surface area contributed by atoms with Gasteiger partial charge in [0.1, 0.15) is 0 Å². The lowest BCUT2D eigenvalue weighted by Gasteiger charge is -2.17. The number of rotatable bonds is 1. The number of hydrogen-bond donors (Lipinski definition) is 0. The van der Waals surface area contributed by atoms with Gasteiger partial charge in [-0.1, -0.05) is 0 Å². The number of hydrogen-bond acceptors (Lipinski definition) is 1. The molecule has 0 bridgehead atoms. The molecule has 0 saturated heterocycles. The molecule has 0 heterocycles. The van der Waals surface area contributed by atoms with Crippen molar-refractivity contribution in [2.24, 2.45) is 0 Å². The first kappa shape index (κ1) is 14.8. The van der Waals surface area contributed by atoms with Crippen molar-refractivity contribution in [1.82, 2.24) is 0 Å². The molecule has 8 heteroatoms. The highest BCUT2D eigenvalue weighted by atomic mass is 35.5. The highest BCUT2D eigenvalue weighted by Gasteiger charge is 2.42. The third-order valence-electron chi connectivity index (χ3n) is 2.09. The first-order valence-corrected chi connectivity index (χ1v) is 4.81. The lowest BCUT2D eigenvalue weighted by Crippen LogP contribution is -2.18. The molecule has 1 nitrogen and oxygen atoms in total. The summed E-state index contributed by atoms with van der Waals surface area (Å²) in [5, 5.41) is -1.80. The van der Waals surface area contributed by atoms with E-state index in [9.17, 15) is 31.1 Å². The molecule has 0 atom stereocenters. The number of halogens is 7.